The molecule has 0 spiro atoms. The van der Waals surface area contributed by atoms with Crippen molar-refractivity contribution in [1.29, 1.82) is 0 Å². The molecule has 0 rings (SSSR count). The monoisotopic (exact) mass is 217 g/mol. The molecule has 0 aliphatic carbocycles. The lowest BCUT2D eigenvalue weighted by Crippen LogP contribution is -2.24. The van der Waals surface area contributed by atoms with Crippen LogP contribution in [0.1, 0.15) is 27.2 Å². The molecule has 0 aromatic heterocycles. The molecule has 4 heteroatoms. The Labute approximate surface area is 92.3 Å². The van der Waals surface area contributed by atoms with E-state index in [1.807, 2.05) is 0 Å². The highest BCUT2D eigenvalue weighted by Crippen LogP contribution is 2.17. The minimum Gasteiger partial charge on any atom is -0.379 e. The lowest BCUT2D eigenvalue weighted by atomic mass is 9.93. The van der Waals surface area contributed by atoms with E-state index in [1.165, 1.54) is 0 Å². The number of hydrogen-bond acceptors (Lipinski definition) is 3. The molecule has 0 fully saturated rings. The average Bonchev–Trinajstić information content (AvgIpc) is 2.14. The van der Waals surface area contributed by atoms with Crippen molar-refractivity contribution in [3.63, 3.8) is 0 Å². The van der Waals surface area contributed by atoms with Crippen LogP contribution in [0.4, 0.5) is 0 Å². The average molecular weight is 217 g/mol. The highest BCUT2D eigenvalue weighted by Gasteiger charge is 2.08. The van der Waals surface area contributed by atoms with E-state index in [9.17, 15) is 4.79 Å². The van der Waals surface area contributed by atoms with E-state index >= 15 is 0 Å². The Morgan fingerprint density at radius 1 is 1.13 bits per heavy atom. The van der Waals surface area contributed by atoms with Crippen LogP contribution in [0.25, 0.3) is 0 Å². The number of carbonyl (C=O) groups is 1. The molecule has 15 heavy (non-hydrogen) atoms. The molecule has 90 valence electrons. The van der Waals surface area contributed by atoms with Crippen molar-refractivity contribution in [1.82, 2.24) is 5.32 Å². The molecule has 0 bridgehead atoms. The van der Waals surface area contributed by atoms with Gasteiger partial charge in [-0.25, -0.2) is 0 Å². The second-order valence-corrected chi connectivity index (χ2v) is 4.65. The van der Waals surface area contributed by atoms with Crippen LogP contribution in [0, 0.1) is 5.41 Å². The summed E-state index contributed by atoms with van der Waals surface area (Å²) in [4.78, 5) is 10.8. The van der Waals surface area contributed by atoms with Gasteiger partial charge in [-0.3, -0.25) is 4.79 Å². The van der Waals surface area contributed by atoms with Gasteiger partial charge in [-0.2, -0.15) is 0 Å². The fourth-order valence-electron chi connectivity index (χ4n) is 0.835. The highest BCUT2D eigenvalue weighted by molar-refractivity contribution is 5.76. The zero-order valence-electron chi connectivity index (χ0n) is 10.3. The third-order valence-electron chi connectivity index (χ3n) is 1.88. The second kappa shape index (κ2) is 7.65. The summed E-state index contributed by atoms with van der Waals surface area (Å²) in [7, 11) is 1.59. The molecule has 4 nitrogen and oxygen atoms in total. The van der Waals surface area contributed by atoms with Gasteiger partial charge in [0.05, 0.1) is 13.2 Å². The highest BCUT2D eigenvalue weighted by atomic mass is 16.5. The van der Waals surface area contributed by atoms with Gasteiger partial charge in [0.25, 0.3) is 0 Å². The summed E-state index contributed by atoms with van der Waals surface area (Å²) in [6.07, 6.45) is 1.03. The van der Waals surface area contributed by atoms with Crippen LogP contribution in [0.2, 0.25) is 0 Å². The predicted molar refractivity (Wildman–Crippen MR) is 59.8 cm³/mol. The Morgan fingerprint density at radius 2 is 1.73 bits per heavy atom. The van der Waals surface area contributed by atoms with E-state index in [-0.39, 0.29) is 12.5 Å². The van der Waals surface area contributed by atoms with Gasteiger partial charge in [0.2, 0.25) is 5.91 Å². The smallest absolute Gasteiger partial charge is 0.245 e. The van der Waals surface area contributed by atoms with Gasteiger partial charge >= 0.3 is 0 Å². The number of rotatable bonds is 7. The van der Waals surface area contributed by atoms with Crippen LogP contribution >= 0.6 is 0 Å². The number of nitrogens with one attached hydrogen (secondary N) is 1. The molecular formula is C11H23NO3. The maximum atomic E-state index is 10.8. The zero-order chi connectivity index (χ0) is 11.7. The van der Waals surface area contributed by atoms with Gasteiger partial charge in [0, 0.05) is 13.7 Å². The van der Waals surface area contributed by atoms with Crippen LogP contribution < -0.4 is 5.32 Å². The van der Waals surface area contributed by atoms with Gasteiger partial charge in [-0.1, -0.05) is 20.8 Å². The van der Waals surface area contributed by atoms with Crippen LogP contribution in [0.15, 0.2) is 0 Å². The number of hydrogen-bond donors (Lipinski definition) is 1. The number of amides is 1. The van der Waals surface area contributed by atoms with Crippen molar-refractivity contribution in [2.24, 2.45) is 5.41 Å². The van der Waals surface area contributed by atoms with Crippen molar-refractivity contribution >= 4 is 5.91 Å². The largest absolute Gasteiger partial charge is 0.379 e. The SMILES string of the molecule is CNC(=O)COCCOCCC(C)(C)C. The van der Waals surface area contributed by atoms with E-state index in [2.05, 4.69) is 26.1 Å². The molecule has 0 atom stereocenters. The topological polar surface area (TPSA) is 47.6 Å². The molecule has 0 aromatic rings. The molecule has 1 amide bonds. The summed E-state index contributed by atoms with van der Waals surface area (Å²) in [6, 6.07) is 0. The van der Waals surface area contributed by atoms with Crippen molar-refractivity contribution in [2.45, 2.75) is 27.2 Å². The fourth-order valence-corrected chi connectivity index (χ4v) is 0.835. The van der Waals surface area contributed by atoms with E-state index in [0.717, 1.165) is 13.0 Å². The first kappa shape index (κ1) is 14.4. The number of ether oxygens (including phenoxy) is 2. The van der Waals surface area contributed by atoms with Crippen molar-refractivity contribution in [3.05, 3.63) is 0 Å². The predicted octanol–water partition coefficient (Wildman–Crippen LogP) is 1.20. The maximum Gasteiger partial charge on any atom is 0.245 e. The third-order valence-corrected chi connectivity index (χ3v) is 1.88. The summed E-state index contributed by atoms with van der Waals surface area (Å²) < 4.78 is 10.4. The second-order valence-electron chi connectivity index (χ2n) is 4.65. The quantitative estimate of drug-likeness (QED) is 0.652. The maximum absolute atomic E-state index is 10.8. The van der Waals surface area contributed by atoms with Crippen LogP contribution in [0.3, 0.4) is 0 Å². The van der Waals surface area contributed by atoms with Crippen LogP contribution in [0.5, 0.6) is 0 Å². The molecule has 0 saturated heterocycles. The Hall–Kier alpha value is -0.610. The van der Waals surface area contributed by atoms with Gasteiger partial charge < -0.3 is 14.8 Å². The molecule has 0 aliphatic heterocycles. The van der Waals surface area contributed by atoms with Crippen molar-refractivity contribution < 1.29 is 14.3 Å². The summed E-state index contributed by atoms with van der Waals surface area (Å²) in [6.45, 7) is 8.41. The Bertz CT molecular complexity index is 175. The number of likely N-dealkylation sites (N-methyl/N-ethyl adjacent to an activating group) is 1. The normalized spacial score (nSPS) is 11.5. The lowest BCUT2D eigenvalue weighted by molar-refractivity contribution is -0.125. The van der Waals surface area contributed by atoms with Gasteiger partial charge in [-0.15, -0.1) is 0 Å². The molecule has 0 radical (unpaired) electrons. The van der Waals surface area contributed by atoms with Crippen LogP contribution in [-0.2, 0) is 14.3 Å². The lowest BCUT2D eigenvalue weighted by Gasteiger charge is -2.17. The Balaban J connectivity index is 3.16. The summed E-state index contributed by atoms with van der Waals surface area (Å²) in [5, 5.41) is 2.48. The standard InChI is InChI=1S/C11H23NO3/c1-11(2,3)5-6-14-7-8-15-9-10(13)12-4/h5-9H2,1-4H3,(H,12,13). The van der Waals surface area contributed by atoms with Gasteiger partial charge in [-0.05, 0) is 11.8 Å². The minimum absolute atomic E-state index is 0.107. The van der Waals surface area contributed by atoms with E-state index < -0.39 is 0 Å². The van der Waals surface area contributed by atoms with Crippen molar-refractivity contribution in [2.75, 3.05) is 33.5 Å². The molecule has 0 saturated carbocycles. The first-order valence-corrected chi connectivity index (χ1v) is 5.32. The summed E-state index contributed by atoms with van der Waals surface area (Å²) in [5.74, 6) is -0.107. The third kappa shape index (κ3) is 11.3. The Morgan fingerprint density at radius 3 is 2.27 bits per heavy atom. The fraction of sp³-hybridized carbons (Fsp3) is 0.909. The van der Waals surface area contributed by atoms with Gasteiger partial charge in [0.1, 0.15) is 6.61 Å². The Kier molecular flexibility index (Phi) is 7.34. The molecule has 0 aromatic carbocycles. The summed E-state index contributed by atoms with van der Waals surface area (Å²) >= 11 is 0. The van der Waals surface area contributed by atoms with Crippen LogP contribution in [-0.4, -0.2) is 39.4 Å². The van der Waals surface area contributed by atoms with E-state index in [1.54, 1.807) is 7.05 Å². The first-order chi connectivity index (χ1) is 6.95. The molecule has 1 N–H and O–H groups in total. The van der Waals surface area contributed by atoms with Crippen molar-refractivity contribution in [3.8, 4) is 0 Å². The number of carbonyl (C=O) groups excluding carboxylic acids is 1. The molecule has 0 unspecified atom stereocenters. The minimum atomic E-state index is -0.107. The van der Waals surface area contributed by atoms with Gasteiger partial charge in [0.15, 0.2) is 0 Å². The molecule has 0 aliphatic rings. The van der Waals surface area contributed by atoms with E-state index in [4.69, 9.17) is 9.47 Å². The first-order valence-electron chi connectivity index (χ1n) is 5.32. The molecule has 0 heterocycles. The molecular weight excluding hydrogens is 194 g/mol. The van der Waals surface area contributed by atoms with E-state index in [0.29, 0.717) is 18.6 Å². The summed E-state index contributed by atoms with van der Waals surface area (Å²) in [5.41, 5.74) is 0.308. The zero-order valence-corrected chi connectivity index (χ0v) is 10.3.